The maximum Gasteiger partial charge on any atom is 0.258 e. The van der Waals surface area contributed by atoms with Crippen LogP contribution >= 0.6 is 0 Å². The van der Waals surface area contributed by atoms with Gasteiger partial charge in [-0.3, -0.25) is 4.79 Å². The van der Waals surface area contributed by atoms with Crippen LogP contribution in [0.15, 0.2) is 35.1 Å². The molecule has 0 aliphatic heterocycles. The maximum absolute atomic E-state index is 13.0. The molecule has 1 aromatic heterocycles. The van der Waals surface area contributed by atoms with Crippen LogP contribution in [-0.2, 0) is 7.05 Å². The fourth-order valence-corrected chi connectivity index (χ4v) is 3.67. The smallest absolute Gasteiger partial charge is 0.258 e. The molecular weight excluding hydrogens is 354 g/mol. The van der Waals surface area contributed by atoms with E-state index in [1.54, 1.807) is 0 Å². The Balaban J connectivity index is 0.00000120. The van der Waals surface area contributed by atoms with Gasteiger partial charge in [0, 0.05) is 12.4 Å². The summed E-state index contributed by atoms with van der Waals surface area (Å²) in [4.78, 5) is 13.0. The van der Waals surface area contributed by atoms with Crippen LogP contribution in [0.4, 0.5) is 0 Å². The molecule has 0 amide bonds. The molecule has 160 valence electrons. The molecule has 1 heterocycles. The molecule has 3 rings (SSSR count). The van der Waals surface area contributed by atoms with Gasteiger partial charge in [0.15, 0.2) is 0 Å². The minimum absolute atomic E-state index is 0.0759. The van der Waals surface area contributed by atoms with Crippen LogP contribution in [0.3, 0.4) is 0 Å². The van der Waals surface area contributed by atoms with E-state index in [1.807, 2.05) is 83.5 Å². The van der Waals surface area contributed by atoms with Gasteiger partial charge in [-0.15, -0.1) is 0 Å². The molecule has 0 aliphatic carbocycles. The molecule has 0 saturated heterocycles. The average molecular weight is 396 g/mol. The summed E-state index contributed by atoms with van der Waals surface area (Å²) in [5.41, 5.74) is 9.08. The Morgan fingerprint density at radius 3 is 1.55 bits per heavy atom. The van der Waals surface area contributed by atoms with Gasteiger partial charge in [-0.1, -0.05) is 71.9 Å². The number of rotatable bonds is 1. The summed E-state index contributed by atoms with van der Waals surface area (Å²) in [7, 11) is 1.89. The number of benzene rings is 2. The number of fused-ring (bicyclic) bond motifs is 1. The number of aryl methyl sites for hydroxylation is 4. The molecule has 2 nitrogen and oxygen atoms in total. The van der Waals surface area contributed by atoms with Crippen molar-refractivity contribution >= 4 is 10.9 Å². The summed E-state index contributed by atoms with van der Waals surface area (Å²) in [6, 6.07) is 9.97. The minimum Gasteiger partial charge on any atom is -0.311 e. The van der Waals surface area contributed by atoms with E-state index in [9.17, 15) is 4.79 Å². The molecule has 2 heteroatoms. The van der Waals surface area contributed by atoms with Gasteiger partial charge < -0.3 is 4.57 Å². The molecule has 0 saturated carbocycles. The number of hydrogen-bond donors (Lipinski definition) is 0. The van der Waals surface area contributed by atoms with Gasteiger partial charge >= 0.3 is 0 Å². The van der Waals surface area contributed by atoms with Crippen LogP contribution in [0.1, 0.15) is 69.4 Å². The Morgan fingerprint density at radius 1 is 0.621 bits per heavy atom. The molecule has 0 atom stereocenters. The van der Waals surface area contributed by atoms with Gasteiger partial charge in [-0.05, 0) is 68.0 Å². The van der Waals surface area contributed by atoms with E-state index in [4.69, 9.17) is 0 Å². The third kappa shape index (κ3) is 4.98. The lowest BCUT2D eigenvalue weighted by molar-refractivity contribution is 0.898. The quantitative estimate of drug-likeness (QED) is 0.411. The van der Waals surface area contributed by atoms with Gasteiger partial charge in [0.1, 0.15) is 0 Å². The van der Waals surface area contributed by atoms with Crippen LogP contribution in [0, 0.1) is 34.6 Å². The molecule has 29 heavy (non-hydrogen) atoms. The zero-order valence-electron chi connectivity index (χ0n) is 20.7. The van der Waals surface area contributed by atoms with Gasteiger partial charge in [0.25, 0.3) is 5.56 Å². The van der Waals surface area contributed by atoms with Crippen molar-refractivity contribution in [3.8, 4) is 11.1 Å². The summed E-state index contributed by atoms with van der Waals surface area (Å²) < 4.78 is 1.82. The number of nitrogens with zero attached hydrogens (tertiary/aromatic N) is 1. The Bertz CT molecular complexity index is 980. The van der Waals surface area contributed by atoms with Crippen LogP contribution in [0.2, 0.25) is 0 Å². The zero-order valence-corrected chi connectivity index (χ0v) is 20.7. The predicted molar refractivity (Wildman–Crippen MR) is 132 cm³/mol. The highest BCUT2D eigenvalue weighted by atomic mass is 16.1. The van der Waals surface area contributed by atoms with Crippen LogP contribution < -0.4 is 5.56 Å². The van der Waals surface area contributed by atoms with E-state index < -0.39 is 0 Å². The highest BCUT2D eigenvalue weighted by molar-refractivity contribution is 5.94. The molecule has 0 spiro atoms. The molecule has 0 aliphatic rings. The van der Waals surface area contributed by atoms with Gasteiger partial charge in [0.2, 0.25) is 0 Å². The molecule has 0 bridgehead atoms. The number of pyridine rings is 1. The van der Waals surface area contributed by atoms with Crippen molar-refractivity contribution in [1.29, 1.82) is 0 Å². The lowest BCUT2D eigenvalue weighted by Crippen LogP contribution is -2.22. The first-order chi connectivity index (χ1) is 13.9. The second kappa shape index (κ2) is 12.3. The first-order valence-corrected chi connectivity index (χ1v) is 11.0. The third-order valence-electron chi connectivity index (χ3n) is 5.32. The molecule has 0 unspecified atom stereocenters. The lowest BCUT2D eigenvalue weighted by Gasteiger charge is -2.20. The van der Waals surface area contributed by atoms with E-state index in [-0.39, 0.29) is 5.56 Å². The summed E-state index contributed by atoms with van der Waals surface area (Å²) >= 11 is 0. The van der Waals surface area contributed by atoms with Crippen molar-refractivity contribution in [2.45, 2.75) is 76.2 Å². The fourth-order valence-electron chi connectivity index (χ4n) is 3.67. The molecule has 0 N–H and O–H groups in total. The van der Waals surface area contributed by atoms with Crippen molar-refractivity contribution in [2.24, 2.45) is 7.05 Å². The largest absolute Gasteiger partial charge is 0.311 e. The molecule has 3 aromatic rings. The lowest BCUT2D eigenvalue weighted by atomic mass is 9.89. The summed E-state index contributed by atoms with van der Waals surface area (Å²) in [6.45, 7) is 22.7. The molecule has 0 fully saturated rings. The summed E-state index contributed by atoms with van der Waals surface area (Å²) in [5, 5.41) is 1.21. The Kier molecular flexibility index (Phi) is 11.3. The highest BCUT2D eigenvalue weighted by Gasteiger charge is 2.19. The van der Waals surface area contributed by atoms with Crippen LogP contribution in [0.25, 0.3) is 22.0 Å². The predicted octanol–water partition coefficient (Wildman–Crippen LogP) is 7.83. The second-order valence-corrected chi connectivity index (χ2v) is 6.45. The van der Waals surface area contributed by atoms with E-state index in [0.717, 1.165) is 22.2 Å². The van der Waals surface area contributed by atoms with Crippen molar-refractivity contribution in [3.63, 3.8) is 0 Å². The monoisotopic (exact) mass is 395 g/mol. The van der Waals surface area contributed by atoms with Crippen molar-refractivity contribution < 1.29 is 0 Å². The Morgan fingerprint density at radius 2 is 1.07 bits per heavy atom. The number of hydrogen-bond acceptors (Lipinski definition) is 1. The fraction of sp³-hybridized carbons (Fsp3) is 0.444. The maximum atomic E-state index is 13.0. The topological polar surface area (TPSA) is 22.0 Å². The van der Waals surface area contributed by atoms with Crippen LogP contribution in [-0.4, -0.2) is 4.57 Å². The average Bonchev–Trinajstić information content (AvgIpc) is 2.78. The van der Waals surface area contributed by atoms with Crippen molar-refractivity contribution in [3.05, 3.63) is 68.5 Å². The minimum atomic E-state index is 0.0759. The van der Waals surface area contributed by atoms with Gasteiger partial charge in [-0.25, -0.2) is 0 Å². The summed E-state index contributed by atoms with van der Waals surface area (Å²) in [6.07, 6.45) is 0. The Labute approximate surface area is 178 Å². The van der Waals surface area contributed by atoms with Crippen LogP contribution in [0.5, 0.6) is 0 Å². The first kappa shape index (κ1) is 26.6. The normalized spacial score (nSPS) is 9.52. The SMILES string of the molecule is CC.CC.CC.Cc1c(C)c(C)c2c(c1C)c(C)c(-c1ccccc1)c(=O)n2C. The number of aromatic nitrogens is 1. The van der Waals surface area contributed by atoms with Crippen molar-refractivity contribution in [1.82, 2.24) is 4.57 Å². The second-order valence-electron chi connectivity index (χ2n) is 6.45. The first-order valence-electron chi connectivity index (χ1n) is 11.0. The molecule has 2 aromatic carbocycles. The van der Waals surface area contributed by atoms with E-state index >= 15 is 0 Å². The zero-order chi connectivity index (χ0) is 22.9. The Hall–Kier alpha value is -2.35. The standard InChI is InChI=1S/C21H23NO.3C2H6/c1-12-13(2)15(4)20-18(14(12)3)16(5)19(21(23)22(20)6)17-10-8-7-9-11-17;3*1-2/h7-11H,1-6H3;3*1-2H3. The van der Waals surface area contributed by atoms with Gasteiger partial charge in [0.05, 0.1) is 11.1 Å². The van der Waals surface area contributed by atoms with Gasteiger partial charge in [-0.2, -0.15) is 0 Å². The van der Waals surface area contributed by atoms with E-state index in [1.165, 1.54) is 27.6 Å². The van der Waals surface area contributed by atoms with E-state index in [2.05, 4.69) is 34.6 Å². The molecule has 0 radical (unpaired) electrons. The summed E-state index contributed by atoms with van der Waals surface area (Å²) in [5.74, 6) is 0. The van der Waals surface area contributed by atoms with Crippen molar-refractivity contribution in [2.75, 3.05) is 0 Å². The molecular formula is C27H41NO. The third-order valence-corrected chi connectivity index (χ3v) is 5.32. The van der Waals surface area contributed by atoms with E-state index in [0.29, 0.717) is 0 Å². The highest BCUT2D eigenvalue weighted by Crippen LogP contribution is 2.33.